The molecule has 2 aromatic heterocycles. The highest BCUT2D eigenvalue weighted by molar-refractivity contribution is 7.22. The first-order valence-corrected chi connectivity index (χ1v) is 8.48. The minimum Gasteiger partial charge on any atom is -0.324 e. The molecule has 0 radical (unpaired) electrons. The fourth-order valence-electron chi connectivity index (χ4n) is 2.32. The number of nitrogens with zero attached hydrogens (tertiary/aromatic N) is 3. The Kier molecular flexibility index (Phi) is 3.99. The monoisotopic (exact) mass is 351 g/mol. The second-order valence-electron chi connectivity index (χ2n) is 5.47. The molecule has 124 valence electrons. The predicted octanol–water partition coefficient (Wildman–Crippen LogP) is 5.02. The van der Waals surface area contributed by atoms with Crippen LogP contribution in [0.3, 0.4) is 0 Å². The average Bonchev–Trinajstić information content (AvgIpc) is 3.02. The number of aryl methyl sites for hydroxylation is 1. The van der Waals surface area contributed by atoms with Crippen LogP contribution in [0.15, 0.2) is 54.7 Å². The van der Waals surface area contributed by atoms with Gasteiger partial charge in [0.1, 0.15) is 11.6 Å². The van der Waals surface area contributed by atoms with Gasteiger partial charge in [0.15, 0.2) is 5.13 Å². The van der Waals surface area contributed by atoms with Crippen molar-refractivity contribution < 1.29 is 4.39 Å². The maximum Gasteiger partial charge on any atom is 0.229 e. The molecule has 0 aliphatic rings. The van der Waals surface area contributed by atoms with E-state index in [4.69, 9.17) is 0 Å². The molecule has 0 saturated carbocycles. The molecule has 2 aromatic carbocycles. The van der Waals surface area contributed by atoms with Crippen LogP contribution in [-0.4, -0.2) is 15.0 Å². The van der Waals surface area contributed by atoms with Crippen LogP contribution < -0.4 is 10.6 Å². The number of rotatable bonds is 4. The van der Waals surface area contributed by atoms with Crippen molar-refractivity contribution in [2.24, 2.45) is 0 Å². The summed E-state index contributed by atoms with van der Waals surface area (Å²) < 4.78 is 14.1. The van der Waals surface area contributed by atoms with Crippen molar-refractivity contribution in [2.45, 2.75) is 6.92 Å². The van der Waals surface area contributed by atoms with Crippen LogP contribution in [0, 0.1) is 12.7 Å². The Morgan fingerprint density at radius 1 is 0.960 bits per heavy atom. The third-order valence-corrected chi connectivity index (χ3v) is 4.54. The lowest BCUT2D eigenvalue weighted by molar-refractivity contribution is 0.628. The molecule has 2 heterocycles. The van der Waals surface area contributed by atoms with Crippen LogP contribution in [0.25, 0.3) is 10.2 Å². The highest BCUT2D eigenvalue weighted by atomic mass is 32.1. The van der Waals surface area contributed by atoms with Gasteiger partial charge in [0.05, 0.1) is 10.2 Å². The lowest BCUT2D eigenvalue weighted by Crippen LogP contribution is -2.02. The van der Waals surface area contributed by atoms with Crippen molar-refractivity contribution in [3.05, 3.63) is 66.1 Å². The summed E-state index contributed by atoms with van der Waals surface area (Å²) in [4.78, 5) is 13.3. The van der Waals surface area contributed by atoms with E-state index in [9.17, 15) is 4.39 Å². The van der Waals surface area contributed by atoms with Crippen LogP contribution in [0.2, 0.25) is 0 Å². The first kappa shape index (κ1) is 15.5. The summed E-state index contributed by atoms with van der Waals surface area (Å²) in [5.74, 6) is 0.827. The van der Waals surface area contributed by atoms with Crippen LogP contribution in [0.1, 0.15) is 5.56 Å². The minimum absolute atomic E-state index is 0.284. The van der Waals surface area contributed by atoms with Gasteiger partial charge >= 0.3 is 0 Å². The fraction of sp³-hybridized carbons (Fsp3) is 0.0556. The molecule has 5 nitrogen and oxygen atoms in total. The molecule has 0 saturated heterocycles. The third kappa shape index (κ3) is 3.41. The van der Waals surface area contributed by atoms with Crippen molar-refractivity contribution in [3.63, 3.8) is 0 Å². The van der Waals surface area contributed by atoms with Gasteiger partial charge in [-0.05, 0) is 43.3 Å². The van der Waals surface area contributed by atoms with Crippen molar-refractivity contribution in [2.75, 3.05) is 10.6 Å². The zero-order valence-electron chi connectivity index (χ0n) is 13.3. The number of aromatic nitrogens is 3. The summed E-state index contributed by atoms with van der Waals surface area (Å²) >= 11 is 1.57. The van der Waals surface area contributed by atoms with Crippen molar-refractivity contribution in [3.8, 4) is 0 Å². The molecule has 2 N–H and O–H groups in total. The van der Waals surface area contributed by atoms with Crippen LogP contribution >= 0.6 is 11.3 Å². The van der Waals surface area contributed by atoms with Gasteiger partial charge in [0.25, 0.3) is 0 Å². The Hall–Kier alpha value is -3.06. The Morgan fingerprint density at radius 3 is 2.56 bits per heavy atom. The number of anilines is 4. The number of hydrogen-bond donors (Lipinski definition) is 2. The largest absolute Gasteiger partial charge is 0.324 e. The van der Waals surface area contributed by atoms with Gasteiger partial charge in [-0.15, -0.1) is 0 Å². The summed E-state index contributed by atoms with van der Waals surface area (Å²) in [7, 11) is 0. The van der Waals surface area contributed by atoms with Crippen molar-refractivity contribution in [1.29, 1.82) is 0 Å². The maximum atomic E-state index is 13.0. The van der Waals surface area contributed by atoms with E-state index >= 15 is 0 Å². The van der Waals surface area contributed by atoms with Gasteiger partial charge in [-0.1, -0.05) is 23.5 Å². The number of fused-ring (bicyclic) bond motifs is 1. The van der Waals surface area contributed by atoms with Crippen LogP contribution in [0.5, 0.6) is 0 Å². The lowest BCUT2D eigenvalue weighted by Gasteiger charge is -2.09. The number of thiazole rings is 1. The summed E-state index contributed by atoms with van der Waals surface area (Å²) in [5, 5.41) is 7.09. The molecule has 7 heteroatoms. The normalized spacial score (nSPS) is 10.8. The first-order valence-electron chi connectivity index (χ1n) is 7.66. The van der Waals surface area contributed by atoms with Gasteiger partial charge in [-0.3, -0.25) is 0 Å². The van der Waals surface area contributed by atoms with E-state index in [1.54, 1.807) is 29.7 Å². The molecule has 25 heavy (non-hydrogen) atoms. The zero-order chi connectivity index (χ0) is 17.2. The second-order valence-corrected chi connectivity index (χ2v) is 6.50. The maximum absolute atomic E-state index is 13.0. The Labute approximate surface area is 147 Å². The first-order chi connectivity index (χ1) is 12.2. The van der Waals surface area contributed by atoms with E-state index in [1.165, 1.54) is 12.1 Å². The van der Waals surface area contributed by atoms with E-state index in [0.29, 0.717) is 11.8 Å². The molecule has 4 aromatic rings. The summed E-state index contributed by atoms with van der Waals surface area (Å²) in [6, 6.07) is 14.0. The Balaban J connectivity index is 1.59. The van der Waals surface area contributed by atoms with E-state index in [0.717, 1.165) is 26.6 Å². The SMILES string of the molecule is Cc1cnc(Nc2ccc(F)cc2)nc1Nc1nc2ccccc2s1. The van der Waals surface area contributed by atoms with Gasteiger partial charge in [-0.25, -0.2) is 14.4 Å². The second kappa shape index (κ2) is 6.45. The fourth-order valence-corrected chi connectivity index (χ4v) is 3.18. The molecular weight excluding hydrogens is 337 g/mol. The van der Waals surface area contributed by atoms with Gasteiger partial charge in [0, 0.05) is 17.4 Å². The number of nitrogens with one attached hydrogen (secondary N) is 2. The number of hydrogen-bond acceptors (Lipinski definition) is 6. The summed E-state index contributed by atoms with van der Waals surface area (Å²) in [6.07, 6.45) is 1.73. The average molecular weight is 351 g/mol. The zero-order valence-corrected chi connectivity index (χ0v) is 14.1. The van der Waals surface area contributed by atoms with Crippen LogP contribution in [0.4, 0.5) is 27.0 Å². The number of para-hydroxylation sites is 1. The third-order valence-electron chi connectivity index (χ3n) is 3.59. The van der Waals surface area contributed by atoms with Crippen LogP contribution in [-0.2, 0) is 0 Å². The summed E-state index contributed by atoms with van der Waals surface area (Å²) in [6.45, 7) is 1.93. The quantitative estimate of drug-likeness (QED) is 0.540. The minimum atomic E-state index is -0.284. The number of benzene rings is 2. The predicted molar refractivity (Wildman–Crippen MR) is 99.4 cm³/mol. The smallest absolute Gasteiger partial charge is 0.229 e. The molecule has 4 rings (SSSR count). The molecule has 0 unspecified atom stereocenters. The molecule has 0 fully saturated rings. The van der Waals surface area contributed by atoms with E-state index in [1.807, 2.05) is 31.2 Å². The Morgan fingerprint density at radius 2 is 1.76 bits per heavy atom. The van der Waals surface area contributed by atoms with Crippen molar-refractivity contribution in [1.82, 2.24) is 15.0 Å². The number of halogens is 1. The topological polar surface area (TPSA) is 62.7 Å². The molecule has 0 atom stereocenters. The highest BCUT2D eigenvalue weighted by Crippen LogP contribution is 2.28. The molecule has 0 aliphatic carbocycles. The Bertz CT molecular complexity index is 996. The van der Waals surface area contributed by atoms with Gasteiger partial charge in [0.2, 0.25) is 5.95 Å². The molecular formula is C18H14FN5S. The standard InChI is InChI=1S/C18H14FN5S/c1-11-10-20-17(21-13-8-6-12(19)7-9-13)23-16(11)24-18-22-14-4-2-3-5-15(14)25-18/h2-10H,1H3,(H2,20,21,22,23,24). The van der Waals surface area contributed by atoms with E-state index < -0.39 is 0 Å². The van der Waals surface area contributed by atoms with Crippen molar-refractivity contribution >= 4 is 44.1 Å². The van der Waals surface area contributed by atoms with E-state index in [-0.39, 0.29) is 5.82 Å². The molecule has 0 amide bonds. The summed E-state index contributed by atoms with van der Waals surface area (Å²) in [5.41, 5.74) is 2.58. The van der Waals surface area contributed by atoms with E-state index in [2.05, 4.69) is 25.6 Å². The van der Waals surface area contributed by atoms with Gasteiger partial charge < -0.3 is 10.6 Å². The lowest BCUT2D eigenvalue weighted by atomic mass is 10.3. The highest BCUT2D eigenvalue weighted by Gasteiger charge is 2.08. The van der Waals surface area contributed by atoms with Gasteiger partial charge in [-0.2, -0.15) is 4.98 Å². The molecule has 0 spiro atoms. The molecule has 0 aliphatic heterocycles. The molecule has 0 bridgehead atoms.